The van der Waals surface area contributed by atoms with Crippen molar-refractivity contribution in [2.24, 2.45) is 0 Å². The highest BCUT2D eigenvalue weighted by Gasteiger charge is 2.16. The van der Waals surface area contributed by atoms with E-state index in [2.05, 4.69) is 169 Å². The summed E-state index contributed by atoms with van der Waals surface area (Å²) in [4.78, 5) is 25.2. The maximum Gasteiger partial charge on any atom is 0.160 e. The van der Waals surface area contributed by atoms with Crippen LogP contribution in [0.1, 0.15) is 0 Å². The Kier molecular flexibility index (Phi) is 9.45. The highest BCUT2D eigenvalue weighted by molar-refractivity contribution is 6.09. The fourth-order valence-corrected chi connectivity index (χ4v) is 8.12. The zero-order chi connectivity index (χ0) is 41.2. The molecule has 0 spiro atoms. The minimum absolute atomic E-state index is 0.684. The van der Waals surface area contributed by atoms with Crippen LogP contribution >= 0.6 is 0 Å². The summed E-state index contributed by atoms with van der Waals surface area (Å²) in [6, 6.07) is 75.7. The van der Waals surface area contributed by atoms with Gasteiger partial charge in [-0.15, -0.1) is 0 Å². The molecule has 0 aliphatic carbocycles. The van der Waals surface area contributed by atoms with Gasteiger partial charge in [-0.25, -0.2) is 19.9 Å². The Labute approximate surface area is 359 Å². The minimum atomic E-state index is 0.684. The summed E-state index contributed by atoms with van der Waals surface area (Å²) in [6.45, 7) is 0. The monoisotopic (exact) mass is 791 g/mol. The van der Waals surface area contributed by atoms with Crippen LogP contribution in [-0.2, 0) is 0 Å². The van der Waals surface area contributed by atoms with E-state index in [-0.39, 0.29) is 0 Å². The van der Waals surface area contributed by atoms with Gasteiger partial charge in [-0.3, -0.25) is 4.98 Å². The summed E-state index contributed by atoms with van der Waals surface area (Å²) in [5.41, 5.74) is 16.9. The van der Waals surface area contributed by atoms with Crippen LogP contribution < -0.4 is 0 Å². The van der Waals surface area contributed by atoms with Gasteiger partial charge in [-0.05, 0) is 63.7 Å². The minimum Gasteiger partial charge on any atom is -0.255 e. The number of aromatic nitrogens is 5. The van der Waals surface area contributed by atoms with Crippen molar-refractivity contribution in [1.29, 1.82) is 0 Å². The number of rotatable bonds is 8. The van der Waals surface area contributed by atoms with Crippen molar-refractivity contribution in [3.8, 4) is 89.9 Å². The number of hydrogen-bond donors (Lipinski definition) is 0. The van der Waals surface area contributed by atoms with Crippen molar-refractivity contribution in [3.63, 3.8) is 0 Å². The first kappa shape index (κ1) is 36.7. The summed E-state index contributed by atoms with van der Waals surface area (Å²) in [7, 11) is 0. The normalized spacial score (nSPS) is 11.2. The van der Waals surface area contributed by atoms with Crippen LogP contribution in [0.3, 0.4) is 0 Å². The first-order chi connectivity index (χ1) is 30.7. The largest absolute Gasteiger partial charge is 0.255 e. The van der Waals surface area contributed by atoms with Gasteiger partial charge in [-0.2, -0.15) is 0 Å². The van der Waals surface area contributed by atoms with Gasteiger partial charge in [-0.1, -0.05) is 188 Å². The SMILES string of the molecule is c1ccc(-c2ccc(-c3cc(-c4ccccc4)nc(-c4ccc(-c5ccc(-c6cc(-c7ccccc7)nc7c6ccc6ccc(-c8ccccn8)nc67)cc5)cc4)n3)cc2)cc1. The van der Waals surface area contributed by atoms with Crippen molar-refractivity contribution < 1.29 is 0 Å². The van der Waals surface area contributed by atoms with Crippen LogP contribution in [0, 0.1) is 0 Å². The first-order valence-electron chi connectivity index (χ1n) is 20.7. The quantitative estimate of drug-likeness (QED) is 0.143. The molecule has 5 heteroatoms. The fourth-order valence-electron chi connectivity index (χ4n) is 8.12. The lowest BCUT2D eigenvalue weighted by atomic mass is 9.95. The van der Waals surface area contributed by atoms with Crippen LogP contribution in [0.4, 0.5) is 0 Å². The lowest BCUT2D eigenvalue weighted by Gasteiger charge is -2.13. The second-order valence-electron chi connectivity index (χ2n) is 15.3. The third-order valence-corrected chi connectivity index (χ3v) is 11.4. The molecule has 0 saturated carbocycles. The zero-order valence-corrected chi connectivity index (χ0v) is 33.6. The van der Waals surface area contributed by atoms with Crippen molar-refractivity contribution in [1.82, 2.24) is 24.9 Å². The van der Waals surface area contributed by atoms with Crippen LogP contribution in [0.5, 0.6) is 0 Å². The second-order valence-corrected chi connectivity index (χ2v) is 15.3. The molecule has 0 amide bonds. The molecular weight excluding hydrogens is 755 g/mol. The van der Waals surface area contributed by atoms with Crippen LogP contribution in [0.25, 0.3) is 112 Å². The maximum atomic E-state index is 5.26. The number of nitrogens with zero attached hydrogens (tertiary/aromatic N) is 5. The van der Waals surface area contributed by atoms with E-state index >= 15 is 0 Å². The zero-order valence-electron chi connectivity index (χ0n) is 33.6. The molecule has 0 saturated heterocycles. The standard InChI is InChI=1S/C57H37N5/c1-4-12-38(13-5-1)39-21-27-45(28-22-39)54-37-53(44-16-8-3-9-17-44)61-57(62-54)47-29-23-41(24-30-47)40-19-25-42(26-20-40)49-36-52(43-14-6-2-7-15-43)60-56-48(49)33-31-46-32-34-51(59-55(46)56)50-18-10-11-35-58-50/h1-37H. The molecule has 0 N–H and O–H groups in total. The molecule has 0 radical (unpaired) electrons. The van der Waals surface area contributed by atoms with Crippen molar-refractivity contribution in [3.05, 3.63) is 225 Å². The van der Waals surface area contributed by atoms with Gasteiger partial charge >= 0.3 is 0 Å². The molecule has 290 valence electrons. The van der Waals surface area contributed by atoms with Crippen LogP contribution in [-0.4, -0.2) is 24.9 Å². The van der Waals surface area contributed by atoms with Gasteiger partial charge in [0.25, 0.3) is 0 Å². The second kappa shape index (κ2) is 16.0. The van der Waals surface area contributed by atoms with Gasteiger partial charge in [0.05, 0.1) is 39.5 Å². The topological polar surface area (TPSA) is 64.5 Å². The molecule has 62 heavy (non-hydrogen) atoms. The molecular formula is C57H37N5. The van der Waals surface area contributed by atoms with Crippen LogP contribution in [0.15, 0.2) is 225 Å². The highest BCUT2D eigenvalue weighted by atomic mass is 14.9. The van der Waals surface area contributed by atoms with E-state index in [0.29, 0.717) is 5.82 Å². The van der Waals surface area contributed by atoms with Gasteiger partial charge < -0.3 is 0 Å². The van der Waals surface area contributed by atoms with E-state index in [9.17, 15) is 0 Å². The average Bonchev–Trinajstić information content (AvgIpc) is 3.37. The summed E-state index contributed by atoms with van der Waals surface area (Å²) < 4.78 is 0. The maximum absolute atomic E-state index is 5.26. The molecule has 4 aromatic heterocycles. The van der Waals surface area contributed by atoms with E-state index in [1.54, 1.807) is 6.20 Å². The molecule has 11 aromatic rings. The Morgan fingerprint density at radius 3 is 1.29 bits per heavy atom. The summed E-state index contributed by atoms with van der Waals surface area (Å²) in [6.07, 6.45) is 1.80. The van der Waals surface area contributed by atoms with E-state index < -0.39 is 0 Å². The van der Waals surface area contributed by atoms with Crippen molar-refractivity contribution in [2.45, 2.75) is 0 Å². The number of fused-ring (bicyclic) bond motifs is 3. The Morgan fingerprint density at radius 1 is 0.258 bits per heavy atom. The Hall–Kier alpha value is -8.41. The Morgan fingerprint density at radius 2 is 0.710 bits per heavy atom. The lowest BCUT2D eigenvalue weighted by molar-refractivity contribution is 1.18. The smallest absolute Gasteiger partial charge is 0.160 e. The van der Waals surface area contributed by atoms with Crippen LogP contribution in [0.2, 0.25) is 0 Å². The third-order valence-electron chi connectivity index (χ3n) is 11.4. The van der Waals surface area contributed by atoms with Gasteiger partial charge in [0.1, 0.15) is 0 Å². The number of benzene rings is 7. The molecule has 7 aromatic carbocycles. The Balaban J connectivity index is 0.942. The summed E-state index contributed by atoms with van der Waals surface area (Å²) in [5.74, 6) is 0.684. The summed E-state index contributed by atoms with van der Waals surface area (Å²) in [5, 5.41) is 2.08. The van der Waals surface area contributed by atoms with Gasteiger partial charge in [0.2, 0.25) is 0 Å². The van der Waals surface area contributed by atoms with E-state index in [4.69, 9.17) is 19.9 Å². The fraction of sp³-hybridized carbons (Fsp3) is 0. The molecule has 0 atom stereocenters. The van der Waals surface area contributed by atoms with E-state index in [1.165, 1.54) is 11.1 Å². The van der Waals surface area contributed by atoms with E-state index in [0.717, 1.165) is 94.8 Å². The van der Waals surface area contributed by atoms with Crippen molar-refractivity contribution >= 4 is 21.8 Å². The summed E-state index contributed by atoms with van der Waals surface area (Å²) >= 11 is 0. The number of pyridine rings is 3. The molecule has 4 heterocycles. The lowest BCUT2D eigenvalue weighted by Crippen LogP contribution is -1.96. The van der Waals surface area contributed by atoms with Gasteiger partial charge in [0, 0.05) is 39.2 Å². The first-order valence-corrected chi connectivity index (χ1v) is 20.7. The average molecular weight is 792 g/mol. The predicted octanol–water partition coefficient (Wildman–Crippen LogP) is 14.3. The number of hydrogen-bond acceptors (Lipinski definition) is 5. The van der Waals surface area contributed by atoms with Gasteiger partial charge in [0.15, 0.2) is 5.82 Å². The van der Waals surface area contributed by atoms with E-state index in [1.807, 2.05) is 54.6 Å². The molecule has 0 fully saturated rings. The molecule has 0 aliphatic rings. The Bertz CT molecular complexity index is 3340. The van der Waals surface area contributed by atoms with Crippen molar-refractivity contribution in [2.75, 3.05) is 0 Å². The molecule has 0 unspecified atom stereocenters. The highest BCUT2D eigenvalue weighted by Crippen LogP contribution is 2.37. The molecule has 5 nitrogen and oxygen atoms in total. The molecule has 0 bridgehead atoms. The molecule has 0 aliphatic heterocycles. The third kappa shape index (κ3) is 7.18. The molecule has 11 rings (SSSR count). The predicted molar refractivity (Wildman–Crippen MR) is 254 cm³/mol.